The molecule has 2 aliphatic carbocycles. The summed E-state index contributed by atoms with van der Waals surface area (Å²) in [5, 5.41) is 4.18. The molecule has 50 heavy (non-hydrogen) atoms. The number of amides is 2. The van der Waals surface area contributed by atoms with Crippen molar-refractivity contribution in [3.63, 3.8) is 0 Å². The first-order valence-corrected chi connectivity index (χ1v) is 19.7. The Labute approximate surface area is 295 Å². The van der Waals surface area contributed by atoms with Gasteiger partial charge in [0.1, 0.15) is 15.7 Å². The third-order valence-electron chi connectivity index (χ3n) is 11.2. The molecule has 1 aromatic heterocycles. The quantitative estimate of drug-likeness (QED) is 0.319. The molecule has 0 saturated heterocycles. The highest BCUT2D eigenvalue weighted by Crippen LogP contribution is 2.47. The Kier molecular flexibility index (Phi) is 9.64. The minimum atomic E-state index is -3.51. The van der Waals surface area contributed by atoms with Crippen molar-refractivity contribution >= 4 is 27.4 Å². The average Bonchev–Trinajstić information content (AvgIpc) is 3.52. The summed E-state index contributed by atoms with van der Waals surface area (Å²) in [7, 11) is -1.73. The molecule has 4 aliphatic rings. The second-order valence-corrected chi connectivity index (χ2v) is 16.8. The highest BCUT2D eigenvalue weighted by atomic mass is 32.2. The molecule has 2 bridgehead atoms. The Morgan fingerprint density at radius 3 is 2.82 bits per heavy atom. The topological polar surface area (TPSA) is 115 Å². The molecule has 7 rings (SSSR count). The summed E-state index contributed by atoms with van der Waals surface area (Å²) in [6, 6.07) is 12.2. The molecule has 2 aromatic carbocycles. The summed E-state index contributed by atoms with van der Waals surface area (Å²) < 4.78 is 35.8. The van der Waals surface area contributed by atoms with E-state index in [-0.39, 0.29) is 28.8 Å². The van der Waals surface area contributed by atoms with E-state index >= 15 is 0 Å². The van der Waals surface area contributed by atoms with Crippen molar-refractivity contribution in [1.82, 2.24) is 14.5 Å². The second-order valence-electron chi connectivity index (χ2n) is 14.8. The lowest BCUT2D eigenvalue weighted by Gasteiger charge is -2.46. The van der Waals surface area contributed by atoms with Gasteiger partial charge in [-0.1, -0.05) is 42.8 Å². The van der Waals surface area contributed by atoms with E-state index in [1.807, 2.05) is 26.0 Å². The van der Waals surface area contributed by atoms with Gasteiger partial charge in [0.05, 0.1) is 35.9 Å². The van der Waals surface area contributed by atoms with Crippen molar-refractivity contribution in [2.24, 2.45) is 22.1 Å². The van der Waals surface area contributed by atoms with Crippen LogP contribution < -0.4 is 14.4 Å². The first-order valence-electron chi connectivity index (χ1n) is 18.0. The number of allylic oxidation sites excluding steroid dienone is 1. The molecule has 1 saturated carbocycles. The Hall–Kier alpha value is -3.96. The predicted molar refractivity (Wildman–Crippen MR) is 195 cm³/mol. The zero-order chi connectivity index (χ0) is 35.0. The molecule has 11 heteroatoms. The summed E-state index contributed by atoms with van der Waals surface area (Å²) in [5.74, 6) is 0.177. The first-order chi connectivity index (χ1) is 24.1. The zero-order valence-electron chi connectivity index (χ0n) is 29.6. The number of hydrogen-bond acceptors (Lipinski definition) is 7. The summed E-state index contributed by atoms with van der Waals surface area (Å²) in [4.78, 5) is 29.7. The van der Waals surface area contributed by atoms with Gasteiger partial charge < -0.3 is 14.4 Å². The molecule has 1 N–H and O–H groups in total. The highest BCUT2D eigenvalue weighted by molar-refractivity contribution is 7.92. The van der Waals surface area contributed by atoms with Crippen molar-refractivity contribution in [2.75, 3.05) is 37.5 Å². The Morgan fingerprint density at radius 1 is 1.20 bits per heavy atom. The Balaban J connectivity index is 1.30. The molecular weight excluding hydrogens is 651 g/mol. The molecule has 6 atom stereocenters. The van der Waals surface area contributed by atoms with E-state index in [0.717, 1.165) is 56.6 Å². The summed E-state index contributed by atoms with van der Waals surface area (Å²) in [6.45, 7) is 8.73. The molecule has 3 heterocycles. The van der Waals surface area contributed by atoms with Crippen LogP contribution in [0.2, 0.25) is 0 Å². The van der Waals surface area contributed by atoms with Crippen molar-refractivity contribution in [3.8, 4) is 5.75 Å². The van der Waals surface area contributed by atoms with Crippen LogP contribution in [0.25, 0.3) is 0 Å². The molecular formula is C39H49N5O5S. The number of carbonyl (C=O) groups excluding carboxylic acids is 2. The standard InChI is InChI=1S/C39H49N5O5S/c1-5-44-22-31(20-40-44)38(46)42-50(47)23-27(3)8-6-10-35(48-4)32-14-12-30(32)21-43-24-39(17-7-9-28-18-26(2)11-15-33(28)39)25-49-36-16-13-29(19-34(36)43)37(45)41-50/h6,10-11,13,15-16,18-20,22,27,30,32,35H,5,7-9,12,14,17,21,23-25H2,1-4H3,(H,41,42,45,46,47)/b10-6+/t27-,30-,32+,35-,39-,50?/m0/s1. The van der Waals surface area contributed by atoms with Crippen molar-refractivity contribution in [1.29, 1.82) is 0 Å². The first kappa shape index (κ1) is 34.5. The number of methoxy groups -OCH3 is 1. The van der Waals surface area contributed by atoms with Gasteiger partial charge in [-0.05, 0) is 99.5 Å². The molecule has 2 aliphatic heterocycles. The number of fused-ring (bicyclic) bond motifs is 4. The normalized spacial score (nSPS) is 30.2. The second kappa shape index (κ2) is 14.0. The number of aromatic nitrogens is 2. The third-order valence-corrected chi connectivity index (χ3v) is 13.2. The fourth-order valence-electron chi connectivity index (χ4n) is 8.39. The maximum atomic E-state index is 14.5. The lowest BCUT2D eigenvalue weighted by atomic mass is 9.68. The SMILES string of the molecule is CCn1cc(C(=O)NS2(=O)=NC(=O)c3ccc4c(c3)N(C[C@@H]3CC[C@H]3[C@@H](OC)/C=C/C[C@H](C)C2)C[C@@]2(CCCc3cc(C)ccc32)CO4)cn1. The van der Waals surface area contributed by atoms with Crippen LogP contribution in [0.4, 0.5) is 5.69 Å². The van der Waals surface area contributed by atoms with Gasteiger partial charge in [-0.15, -0.1) is 4.36 Å². The Morgan fingerprint density at radius 2 is 2.06 bits per heavy atom. The fraction of sp³-hybridized carbons (Fsp3) is 0.513. The maximum absolute atomic E-state index is 14.5. The largest absolute Gasteiger partial charge is 0.490 e. The molecule has 1 unspecified atom stereocenters. The van der Waals surface area contributed by atoms with Crippen LogP contribution in [0.1, 0.15) is 83.4 Å². The van der Waals surface area contributed by atoms with E-state index in [2.05, 4.69) is 56.4 Å². The van der Waals surface area contributed by atoms with E-state index < -0.39 is 21.7 Å². The lowest BCUT2D eigenvalue weighted by molar-refractivity contribution is 0.0131. The molecule has 1 spiro atoms. The minimum Gasteiger partial charge on any atom is -0.490 e. The number of rotatable bonds is 4. The molecule has 0 radical (unpaired) electrons. The van der Waals surface area contributed by atoms with Gasteiger partial charge in [0.2, 0.25) is 0 Å². The highest BCUT2D eigenvalue weighted by Gasteiger charge is 2.44. The van der Waals surface area contributed by atoms with E-state index in [4.69, 9.17) is 9.47 Å². The van der Waals surface area contributed by atoms with E-state index in [1.54, 1.807) is 24.1 Å². The van der Waals surface area contributed by atoms with Crippen molar-refractivity contribution in [2.45, 2.75) is 77.4 Å². The maximum Gasteiger partial charge on any atom is 0.286 e. The monoisotopic (exact) mass is 699 g/mol. The van der Waals surface area contributed by atoms with E-state index in [1.165, 1.54) is 22.9 Å². The van der Waals surface area contributed by atoms with E-state index in [9.17, 15) is 13.8 Å². The summed E-state index contributed by atoms with van der Waals surface area (Å²) >= 11 is 0. The van der Waals surface area contributed by atoms with Crippen LogP contribution >= 0.6 is 0 Å². The van der Waals surface area contributed by atoms with Gasteiger partial charge in [0, 0.05) is 43.9 Å². The fourth-order valence-corrected chi connectivity index (χ4v) is 10.3. The van der Waals surface area contributed by atoms with Crippen LogP contribution in [0.5, 0.6) is 5.75 Å². The number of benzene rings is 2. The smallest absolute Gasteiger partial charge is 0.286 e. The molecule has 10 nitrogen and oxygen atoms in total. The third kappa shape index (κ3) is 6.86. The van der Waals surface area contributed by atoms with Gasteiger partial charge in [-0.25, -0.2) is 4.21 Å². The van der Waals surface area contributed by atoms with Crippen LogP contribution in [0, 0.1) is 24.7 Å². The number of carbonyl (C=O) groups is 2. The van der Waals surface area contributed by atoms with Gasteiger partial charge in [0.15, 0.2) is 0 Å². The minimum absolute atomic E-state index is 0.0159. The zero-order valence-corrected chi connectivity index (χ0v) is 30.4. The summed E-state index contributed by atoms with van der Waals surface area (Å²) in [5.41, 5.74) is 5.25. The predicted octanol–water partition coefficient (Wildman–Crippen LogP) is 6.27. The van der Waals surface area contributed by atoms with Gasteiger partial charge in [0.25, 0.3) is 11.8 Å². The Bertz CT molecular complexity index is 1930. The average molecular weight is 700 g/mol. The van der Waals surface area contributed by atoms with Gasteiger partial charge in [-0.3, -0.25) is 19.0 Å². The van der Waals surface area contributed by atoms with Gasteiger partial charge >= 0.3 is 0 Å². The van der Waals surface area contributed by atoms with Crippen LogP contribution in [-0.4, -0.2) is 64.5 Å². The molecule has 3 aromatic rings. The number of nitrogens with zero attached hydrogens (tertiary/aromatic N) is 4. The number of ether oxygens (including phenoxy) is 2. The van der Waals surface area contributed by atoms with E-state index in [0.29, 0.717) is 37.0 Å². The van der Waals surface area contributed by atoms with Crippen LogP contribution in [0.3, 0.4) is 0 Å². The summed E-state index contributed by atoms with van der Waals surface area (Å²) in [6.07, 6.45) is 13.2. The lowest BCUT2D eigenvalue weighted by Crippen LogP contribution is -2.49. The van der Waals surface area contributed by atoms with Crippen molar-refractivity contribution < 1.29 is 23.3 Å². The van der Waals surface area contributed by atoms with Crippen LogP contribution in [0.15, 0.2) is 65.3 Å². The molecule has 1 fully saturated rings. The number of hydrogen-bond donors (Lipinski definition) is 1. The van der Waals surface area contributed by atoms with Gasteiger partial charge in [-0.2, -0.15) is 5.10 Å². The van der Waals surface area contributed by atoms with Crippen molar-refractivity contribution in [3.05, 3.63) is 88.8 Å². The molecule has 266 valence electrons. The number of nitrogens with one attached hydrogen (secondary N) is 1. The van der Waals surface area contributed by atoms with Crippen LogP contribution in [-0.2, 0) is 33.0 Å². The number of anilines is 1. The number of aryl methyl sites for hydroxylation is 3. The molecule has 2 amide bonds.